The van der Waals surface area contributed by atoms with Crippen LogP contribution in [0.25, 0.3) is 0 Å². The van der Waals surface area contributed by atoms with E-state index in [0.29, 0.717) is 15.7 Å². The minimum Gasteiger partial charge on any atom is -0.333 e. The van der Waals surface area contributed by atoms with Crippen LogP contribution in [0.15, 0.2) is 46.3 Å². The summed E-state index contributed by atoms with van der Waals surface area (Å²) in [7, 11) is 0. The van der Waals surface area contributed by atoms with Gasteiger partial charge in [0.1, 0.15) is 5.03 Å². The van der Waals surface area contributed by atoms with Crippen LogP contribution in [-0.2, 0) is 0 Å². The molecule has 0 bridgehead atoms. The molecule has 1 fully saturated rings. The maximum Gasteiger partial charge on any atom is 0.274 e. The Balaban J connectivity index is 0.00000243. The van der Waals surface area contributed by atoms with Crippen molar-refractivity contribution in [3.63, 3.8) is 0 Å². The summed E-state index contributed by atoms with van der Waals surface area (Å²) >= 11 is 7.59. The van der Waals surface area contributed by atoms with Crippen molar-refractivity contribution in [1.29, 1.82) is 0 Å². The largest absolute Gasteiger partial charge is 0.333 e. The van der Waals surface area contributed by atoms with Crippen LogP contribution in [-0.4, -0.2) is 39.6 Å². The predicted molar refractivity (Wildman–Crippen MR) is 107 cm³/mol. The molecule has 2 unspecified atom stereocenters. The van der Waals surface area contributed by atoms with Gasteiger partial charge in [0.25, 0.3) is 5.91 Å². The van der Waals surface area contributed by atoms with Crippen molar-refractivity contribution in [1.82, 2.24) is 15.1 Å². The molecule has 1 aromatic carbocycles. The number of carbonyl (C=O) groups is 1. The predicted octanol–water partition coefficient (Wildman–Crippen LogP) is 4.04. The van der Waals surface area contributed by atoms with Crippen molar-refractivity contribution in [2.75, 3.05) is 6.54 Å². The average Bonchev–Trinajstić information content (AvgIpc) is 2.63. The number of nitrogens with two attached hydrogens (primary N) is 1. The highest BCUT2D eigenvalue weighted by molar-refractivity contribution is 7.99. The maximum atomic E-state index is 12.8. The monoisotopic (exact) mass is 412 g/mol. The second-order valence-corrected chi connectivity index (χ2v) is 7.68. The zero-order valence-electron chi connectivity index (χ0n) is 14.5. The Morgan fingerprint density at radius 1 is 1.27 bits per heavy atom. The molecule has 0 aliphatic carbocycles. The van der Waals surface area contributed by atoms with Gasteiger partial charge in [-0.05, 0) is 50.5 Å². The zero-order chi connectivity index (χ0) is 17.8. The van der Waals surface area contributed by atoms with Gasteiger partial charge in [-0.2, -0.15) is 0 Å². The van der Waals surface area contributed by atoms with Gasteiger partial charge in [-0.15, -0.1) is 22.6 Å². The number of likely N-dealkylation sites (tertiary alicyclic amines) is 1. The second-order valence-electron chi connectivity index (χ2n) is 6.21. The van der Waals surface area contributed by atoms with Crippen molar-refractivity contribution in [3.8, 4) is 0 Å². The lowest BCUT2D eigenvalue weighted by molar-refractivity contribution is 0.0576. The summed E-state index contributed by atoms with van der Waals surface area (Å²) in [6, 6.07) is 11.1. The molecule has 1 aliphatic rings. The van der Waals surface area contributed by atoms with Crippen molar-refractivity contribution < 1.29 is 4.79 Å². The lowest BCUT2D eigenvalue weighted by Crippen LogP contribution is -2.51. The molecule has 0 saturated carbocycles. The Hall–Kier alpha value is -1.34. The van der Waals surface area contributed by atoms with Gasteiger partial charge in [0, 0.05) is 23.5 Å². The van der Waals surface area contributed by atoms with Crippen LogP contribution in [0.5, 0.6) is 0 Å². The van der Waals surface area contributed by atoms with Crippen LogP contribution < -0.4 is 5.73 Å². The van der Waals surface area contributed by atoms with E-state index in [1.54, 1.807) is 12.1 Å². The fourth-order valence-electron chi connectivity index (χ4n) is 3.03. The third-order valence-electron chi connectivity index (χ3n) is 4.33. The number of hydrogen-bond acceptors (Lipinski definition) is 5. The lowest BCUT2D eigenvalue weighted by atomic mass is 9.96. The number of carbonyl (C=O) groups excluding carboxylic acids is 1. The molecular formula is C18H22Cl2N4OS. The van der Waals surface area contributed by atoms with E-state index in [1.165, 1.54) is 11.8 Å². The Labute approximate surface area is 169 Å². The molecular weight excluding hydrogens is 391 g/mol. The SMILES string of the molecule is CC(N)C1CCCCN1C(=O)c1ccc(Sc2ccccc2Cl)nn1.Cl. The number of amides is 1. The first-order valence-electron chi connectivity index (χ1n) is 8.39. The molecule has 2 aromatic rings. The molecule has 1 aliphatic heterocycles. The second kappa shape index (κ2) is 9.55. The summed E-state index contributed by atoms with van der Waals surface area (Å²) < 4.78 is 0. The molecule has 5 nitrogen and oxygen atoms in total. The van der Waals surface area contributed by atoms with Crippen LogP contribution in [0.4, 0.5) is 0 Å². The number of aromatic nitrogens is 2. The molecule has 3 rings (SSSR count). The summed E-state index contributed by atoms with van der Waals surface area (Å²) in [5.74, 6) is -0.0937. The van der Waals surface area contributed by atoms with Gasteiger partial charge in [0.2, 0.25) is 0 Å². The van der Waals surface area contributed by atoms with E-state index < -0.39 is 0 Å². The Kier molecular flexibility index (Phi) is 7.70. The number of nitrogens with zero attached hydrogens (tertiary/aromatic N) is 3. The highest BCUT2D eigenvalue weighted by atomic mass is 35.5. The van der Waals surface area contributed by atoms with E-state index in [0.717, 1.165) is 30.7 Å². The molecule has 0 radical (unpaired) electrons. The minimum absolute atomic E-state index is 0. The van der Waals surface area contributed by atoms with Crippen LogP contribution in [0.1, 0.15) is 36.7 Å². The van der Waals surface area contributed by atoms with Gasteiger partial charge in [-0.3, -0.25) is 4.79 Å². The standard InChI is InChI=1S/C18H21ClN4OS.ClH/c1-12(20)15-7-4-5-11-23(15)18(24)14-9-10-17(22-21-14)25-16-8-3-2-6-13(16)19;/h2-3,6,8-10,12,15H,4-5,7,11,20H2,1H3;1H. The van der Waals surface area contributed by atoms with Gasteiger partial charge >= 0.3 is 0 Å². The summed E-state index contributed by atoms with van der Waals surface area (Å²) in [5, 5.41) is 9.67. The van der Waals surface area contributed by atoms with Crippen LogP contribution >= 0.6 is 35.8 Å². The van der Waals surface area contributed by atoms with E-state index in [2.05, 4.69) is 10.2 Å². The van der Waals surface area contributed by atoms with Gasteiger partial charge in [-0.1, -0.05) is 35.5 Å². The number of hydrogen-bond donors (Lipinski definition) is 1. The molecule has 2 heterocycles. The summed E-state index contributed by atoms with van der Waals surface area (Å²) in [6.07, 6.45) is 3.05. The first kappa shape index (κ1) is 21.0. The van der Waals surface area contributed by atoms with E-state index in [-0.39, 0.29) is 30.4 Å². The maximum absolute atomic E-state index is 12.8. The van der Waals surface area contributed by atoms with Gasteiger partial charge in [0.15, 0.2) is 5.69 Å². The number of rotatable bonds is 4. The molecule has 1 saturated heterocycles. The van der Waals surface area contributed by atoms with Gasteiger partial charge < -0.3 is 10.6 Å². The summed E-state index contributed by atoms with van der Waals surface area (Å²) in [5.41, 5.74) is 6.41. The molecule has 140 valence electrons. The third-order valence-corrected chi connectivity index (χ3v) is 5.77. The Morgan fingerprint density at radius 3 is 2.69 bits per heavy atom. The number of piperidine rings is 1. The Bertz CT molecular complexity index is 742. The van der Waals surface area contributed by atoms with Crippen molar-refractivity contribution in [2.45, 2.75) is 48.2 Å². The van der Waals surface area contributed by atoms with Crippen molar-refractivity contribution in [2.24, 2.45) is 5.73 Å². The molecule has 2 atom stereocenters. The quantitative estimate of drug-likeness (QED) is 0.819. The first-order chi connectivity index (χ1) is 12.1. The topological polar surface area (TPSA) is 72.1 Å². The minimum atomic E-state index is -0.0937. The molecule has 0 spiro atoms. The van der Waals surface area contributed by atoms with Crippen LogP contribution in [0.2, 0.25) is 5.02 Å². The fourth-order valence-corrected chi connectivity index (χ4v) is 4.04. The molecule has 8 heteroatoms. The first-order valence-corrected chi connectivity index (χ1v) is 9.58. The van der Waals surface area contributed by atoms with Gasteiger partial charge in [-0.25, -0.2) is 0 Å². The molecule has 1 aromatic heterocycles. The zero-order valence-corrected chi connectivity index (χ0v) is 16.9. The average molecular weight is 413 g/mol. The number of benzene rings is 1. The van der Waals surface area contributed by atoms with Crippen molar-refractivity contribution in [3.05, 3.63) is 47.1 Å². The highest BCUT2D eigenvalue weighted by Gasteiger charge is 2.30. The van der Waals surface area contributed by atoms with Crippen LogP contribution in [0, 0.1) is 0 Å². The molecule has 2 N–H and O–H groups in total. The molecule has 1 amide bonds. The number of halogens is 2. The van der Waals surface area contributed by atoms with E-state index in [4.69, 9.17) is 17.3 Å². The summed E-state index contributed by atoms with van der Waals surface area (Å²) in [6.45, 7) is 2.67. The van der Waals surface area contributed by atoms with Crippen molar-refractivity contribution >= 4 is 41.7 Å². The van der Waals surface area contributed by atoms with E-state index >= 15 is 0 Å². The van der Waals surface area contributed by atoms with E-state index in [1.807, 2.05) is 36.1 Å². The normalized spacial score (nSPS) is 18.1. The third kappa shape index (κ3) is 4.88. The Morgan fingerprint density at radius 2 is 2.04 bits per heavy atom. The lowest BCUT2D eigenvalue weighted by Gasteiger charge is -2.37. The molecule has 26 heavy (non-hydrogen) atoms. The highest BCUT2D eigenvalue weighted by Crippen LogP contribution is 2.31. The fraction of sp³-hybridized carbons (Fsp3) is 0.389. The van der Waals surface area contributed by atoms with Gasteiger partial charge in [0.05, 0.1) is 5.02 Å². The summed E-state index contributed by atoms with van der Waals surface area (Å²) in [4.78, 5) is 15.5. The van der Waals surface area contributed by atoms with E-state index in [9.17, 15) is 4.79 Å². The smallest absolute Gasteiger partial charge is 0.274 e. The van der Waals surface area contributed by atoms with Crippen LogP contribution in [0.3, 0.4) is 0 Å².